The predicted molar refractivity (Wildman–Crippen MR) is 136 cm³/mol. The Balaban J connectivity index is 1.89. The van der Waals surface area contributed by atoms with Crippen LogP contribution in [0.4, 0.5) is 0 Å². The quantitative estimate of drug-likeness (QED) is 0.406. The molecule has 1 saturated heterocycles. The molecule has 36 heavy (non-hydrogen) atoms. The highest BCUT2D eigenvalue weighted by molar-refractivity contribution is 6.30. The molecule has 0 radical (unpaired) electrons. The molecule has 7 nitrogen and oxygen atoms in total. The Morgan fingerprint density at radius 1 is 1.00 bits per heavy atom. The molecular formula is C27H26Cl2N2O5. The minimum atomic E-state index is -1.34. The molecule has 5 atom stereocenters. The van der Waals surface area contributed by atoms with Crippen LogP contribution in [-0.2, 0) is 14.3 Å². The van der Waals surface area contributed by atoms with Crippen molar-refractivity contribution < 1.29 is 24.5 Å². The van der Waals surface area contributed by atoms with Crippen LogP contribution in [0, 0.1) is 0 Å². The lowest BCUT2D eigenvalue weighted by atomic mass is 9.88. The third-order valence-corrected chi connectivity index (χ3v) is 6.81. The minimum Gasteiger partial charge on any atom is -0.480 e. The third kappa shape index (κ3) is 5.39. The lowest BCUT2D eigenvalue weighted by Gasteiger charge is -2.48. The topological polar surface area (TPSA) is 100.0 Å². The predicted octanol–water partition coefficient (Wildman–Crippen LogP) is 5.39. The number of ether oxygens (including phenoxy) is 1. The van der Waals surface area contributed by atoms with E-state index in [-0.39, 0.29) is 6.42 Å². The molecule has 4 rings (SSSR count). The number of hydrogen-bond acceptors (Lipinski definition) is 5. The lowest BCUT2D eigenvalue weighted by Crippen LogP contribution is -2.58. The molecule has 0 aliphatic carbocycles. The summed E-state index contributed by atoms with van der Waals surface area (Å²) in [5.41, 5.74) is 1.78. The minimum absolute atomic E-state index is 0.233. The van der Waals surface area contributed by atoms with Crippen LogP contribution in [-0.4, -0.2) is 44.1 Å². The van der Waals surface area contributed by atoms with E-state index in [4.69, 9.17) is 27.9 Å². The molecule has 1 aliphatic rings. The number of hydrogen-bond donors (Lipinski definition) is 2. The van der Waals surface area contributed by atoms with Crippen molar-refractivity contribution in [1.29, 1.82) is 0 Å². The second kappa shape index (κ2) is 11.4. The van der Waals surface area contributed by atoms with Crippen LogP contribution in [0.1, 0.15) is 54.7 Å². The lowest BCUT2D eigenvalue weighted by molar-refractivity contribution is -0.197. The van der Waals surface area contributed by atoms with Crippen molar-refractivity contribution in [2.75, 3.05) is 0 Å². The van der Waals surface area contributed by atoms with E-state index >= 15 is 0 Å². The largest absolute Gasteiger partial charge is 0.480 e. The summed E-state index contributed by atoms with van der Waals surface area (Å²) in [7, 11) is 0. The molecule has 188 valence electrons. The number of aromatic nitrogens is 1. The van der Waals surface area contributed by atoms with Gasteiger partial charge in [-0.2, -0.15) is 0 Å². The highest BCUT2D eigenvalue weighted by Crippen LogP contribution is 2.46. The summed E-state index contributed by atoms with van der Waals surface area (Å²) in [6.45, 7) is 1.86. The van der Waals surface area contributed by atoms with Gasteiger partial charge in [-0.15, -0.1) is 0 Å². The van der Waals surface area contributed by atoms with E-state index in [0.717, 1.165) is 0 Å². The fourth-order valence-electron chi connectivity index (χ4n) is 4.58. The number of carbonyl (C=O) groups is 2. The van der Waals surface area contributed by atoms with Crippen LogP contribution in [0.25, 0.3) is 0 Å². The monoisotopic (exact) mass is 528 g/mol. The average Bonchev–Trinajstić information content (AvgIpc) is 2.88. The molecule has 1 fully saturated rings. The Kier molecular flexibility index (Phi) is 8.26. The van der Waals surface area contributed by atoms with Crippen LogP contribution >= 0.6 is 23.2 Å². The number of carbonyl (C=O) groups excluding carboxylic acids is 1. The molecule has 0 saturated carbocycles. The van der Waals surface area contributed by atoms with Gasteiger partial charge in [-0.25, -0.2) is 4.79 Å². The van der Waals surface area contributed by atoms with Crippen LogP contribution in [0.5, 0.6) is 0 Å². The fourth-order valence-corrected chi connectivity index (χ4v) is 4.83. The molecule has 1 aliphatic heterocycles. The van der Waals surface area contributed by atoms with Gasteiger partial charge < -0.3 is 19.8 Å². The molecule has 0 spiro atoms. The maximum atomic E-state index is 14.0. The van der Waals surface area contributed by atoms with Crippen molar-refractivity contribution in [2.45, 2.75) is 50.2 Å². The molecule has 2 heterocycles. The van der Waals surface area contributed by atoms with Gasteiger partial charge in [0.15, 0.2) is 6.10 Å². The molecule has 1 unspecified atom stereocenters. The number of nitrogens with zero attached hydrogens (tertiary/aromatic N) is 2. The standard InChI is InChI=1S/C27H26Cl2N2O5/c1-2-3-21(27(34)35)31-22(16-4-8-19(28)9-5-16)24(18-6-10-20(29)11-7-18)36-25(26(31)33)23(32)17-12-14-30-15-13-17/h4-15,21-25,32H,2-3H2,1H3,(H,34,35)/t21?,22-,23-,24+,25+/m1/s1. The van der Waals surface area contributed by atoms with Crippen molar-refractivity contribution in [1.82, 2.24) is 9.88 Å². The van der Waals surface area contributed by atoms with Crippen LogP contribution in [0.15, 0.2) is 73.1 Å². The van der Waals surface area contributed by atoms with Gasteiger partial charge in [0.05, 0.1) is 6.04 Å². The first-order valence-electron chi connectivity index (χ1n) is 11.6. The molecule has 1 amide bonds. The van der Waals surface area contributed by atoms with E-state index in [1.54, 1.807) is 60.7 Å². The number of rotatable bonds is 8. The van der Waals surface area contributed by atoms with Gasteiger partial charge in [0.2, 0.25) is 0 Å². The number of halogens is 2. The molecular weight excluding hydrogens is 503 g/mol. The highest BCUT2D eigenvalue weighted by atomic mass is 35.5. The summed E-state index contributed by atoms with van der Waals surface area (Å²) in [6.07, 6.45) is 0.327. The van der Waals surface area contributed by atoms with Crippen molar-refractivity contribution in [3.8, 4) is 0 Å². The van der Waals surface area contributed by atoms with Crippen molar-refractivity contribution in [3.63, 3.8) is 0 Å². The Morgan fingerprint density at radius 2 is 1.56 bits per heavy atom. The van der Waals surface area contributed by atoms with E-state index in [1.807, 2.05) is 6.92 Å². The van der Waals surface area contributed by atoms with E-state index in [0.29, 0.717) is 33.2 Å². The summed E-state index contributed by atoms with van der Waals surface area (Å²) >= 11 is 12.2. The number of morpholine rings is 1. The molecule has 2 N–H and O–H groups in total. The zero-order valence-electron chi connectivity index (χ0n) is 19.5. The maximum Gasteiger partial charge on any atom is 0.326 e. The van der Waals surface area contributed by atoms with Crippen LogP contribution < -0.4 is 0 Å². The number of benzene rings is 2. The molecule has 2 aromatic carbocycles. The average molecular weight is 529 g/mol. The molecule has 3 aromatic rings. The normalized spacial score (nSPS) is 21.7. The van der Waals surface area contributed by atoms with Crippen LogP contribution in [0.3, 0.4) is 0 Å². The first kappa shape index (κ1) is 26.1. The van der Waals surface area contributed by atoms with Crippen molar-refractivity contribution in [2.24, 2.45) is 0 Å². The number of aliphatic hydroxyl groups is 1. The van der Waals surface area contributed by atoms with E-state index in [2.05, 4.69) is 4.98 Å². The number of pyridine rings is 1. The summed E-state index contributed by atoms with van der Waals surface area (Å²) in [5, 5.41) is 22.4. The number of carboxylic acids is 1. The third-order valence-electron chi connectivity index (χ3n) is 6.30. The number of amides is 1. The van der Waals surface area contributed by atoms with Crippen molar-refractivity contribution in [3.05, 3.63) is 99.8 Å². The van der Waals surface area contributed by atoms with Gasteiger partial charge in [-0.1, -0.05) is 60.8 Å². The smallest absolute Gasteiger partial charge is 0.326 e. The number of aliphatic carboxylic acids is 1. The fraction of sp³-hybridized carbons (Fsp3) is 0.296. The Labute approximate surface area is 219 Å². The maximum absolute atomic E-state index is 14.0. The van der Waals surface area contributed by atoms with E-state index in [9.17, 15) is 19.8 Å². The second-order valence-electron chi connectivity index (χ2n) is 8.64. The van der Waals surface area contributed by atoms with Gasteiger partial charge in [0.1, 0.15) is 18.2 Å². The first-order valence-corrected chi connectivity index (χ1v) is 12.4. The summed E-state index contributed by atoms with van der Waals surface area (Å²) in [5.74, 6) is -1.73. The van der Waals surface area contributed by atoms with Gasteiger partial charge in [0, 0.05) is 22.4 Å². The van der Waals surface area contributed by atoms with E-state index < -0.39 is 42.3 Å². The molecule has 9 heteroatoms. The number of aliphatic hydroxyl groups excluding tert-OH is 1. The second-order valence-corrected chi connectivity index (χ2v) is 9.51. The highest BCUT2D eigenvalue weighted by Gasteiger charge is 2.50. The van der Waals surface area contributed by atoms with Gasteiger partial charge >= 0.3 is 5.97 Å². The Morgan fingerprint density at radius 3 is 2.08 bits per heavy atom. The van der Waals surface area contributed by atoms with E-state index in [1.165, 1.54) is 17.3 Å². The van der Waals surface area contributed by atoms with Gasteiger partial charge in [-0.3, -0.25) is 9.78 Å². The zero-order chi connectivity index (χ0) is 25.8. The van der Waals surface area contributed by atoms with Gasteiger partial charge in [-0.05, 0) is 59.5 Å². The molecule has 1 aromatic heterocycles. The summed E-state index contributed by atoms with van der Waals surface area (Å²) < 4.78 is 6.35. The Bertz CT molecular complexity index is 1190. The van der Waals surface area contributed by atoms with Crippen LogP contribution in [0.2, 0.25) is 10.0 Å². The summed E-state index contributed by atoms with van der Waals surface area (Å²) in [6, 6.07) is 15.1. The summed E-state index contributed by atoms with van der Waals surface area (Å²) in [4.78, 5) is 31.7. The van der Waals surface area contributed by atoms with Gasteiger partial charge in [0.25, 0.3) is 5.91 Å². The molecule has 0 bridgehead atoms. The first-order chi connectivity index (χ1) is 17.3. The number of carboxylic acid groups (broad SMARTS) is 1. The van der Waals surface area contributed by atoms with Crippen molar-refractivity contribution >= 4 is 35.1 Å². The SMILES string of the molecule is CCCC(C(=O)O)N1C(=O)[C@H]([C@H](O)c2ccncc2)O[C@@H](c2ccc(Cl)cc2)[C@H]1c1ccc(Cl)cc1. The Hall–Kier alpha value is -2.97. The zero-order valence-corrected chi connectivity index (χ0v) is 21.0.